The largest absolute Gasteiger partial charge is 0.324 e. The second-order valence-corrected chi connectivity index (χ2v) is 9.11. The van der Waals surface area contributed by atoms with Gasteiger partial charge in [0.25, 0.3) is 5.56 Å². The molecule has 2 amide bonds. The molecule has 5 rings (SSSR count). The minimum atomic E-state index is -0.120. The number of likely N-dealkylation sites (tertiary alicyclic amines) is 1. The fraction of sp³-hybridized carbons (Fsp3) is 0.250. The molecule has 3 heterocycles. The van der Waals surface area contributed by atoms with Gasteiger partial charge in [0.2, 0.25) is 0 Å². The Labute approximate surface area is 190 Å². The number of nitrogens with zero attached hydrogens (tertiary/aromatic N) is 2. The molecule has 5 nitrogen and oxygen atoms in total. The van der Waals surface area contributed by atoms with Gasteiger partial charge in [0.05, 0.1) is 0 Å². The maximum Gasteiger partial charge on any atom is 0.321 e. The van der Waals surface area contributed by atoms with Gasteiger partial charge in [0, 0.05) is 52.5 Å². The zero-order valence-electron chi connectivity index (χ0n) is 16.7. The number of benzene rings is 2. The van der Waals surface area contributed by atoms with E-state index in [9.17, 15) is 9.59 Å². The lowest BCUT2D eigenvalue weighted by molar-refractivity contribution is 0.139. The number of amides is 2. The van der Waals surface area contributed by atoms with Crippen LogP contribution in [0, 0.1) is 5.92 Å². The summed E-state index contributed by atoms with van der Waals surface area (Å²) in [6.45, 7) is 1.85. The van der Waals surface area contributed by atoms with Gasteiger partial charge in [-0.3, -0.25) is 4.79 Å². The molecule has 3 aromatic rings. The van der Waals surface area contributed by atoms with Crippen LogP contribution in [0.25, 0.3) is 11.1 Å². The molecule has 0 radical (unpaired) electrons. The van der Waals surface area contributed by atoms with Crippen molar-refractivity contribution in [2.75, 3.05) is 18.4 Å². The van der Waals surface area contributed by atoms with E-state index in [2.05, 4.69) is 5.32 Å². The Bertz CT molecular complexity index is 1190. The highest BCUT2D eigenvalue weighted by atomic mass is 35.5. The first-order chi connectivity index (χ1) is 15.0. The van der Waals surface area contributed by atoms with Crippen LogP contribution in [0.5, 0.6) is 0 Å². The van der Waals surface area contributed by atoms with E-state index >= 15 is 0 Å². The van der Waals surface area contributed by atoms with Gasteiger partial charge in [-0.25, -0.2) is 4.79 Å². The van der Waals surface area contributed by atoms with E-state index in [0.29, 0.717) is 40.9 Å². The van der Waals surface area contributed by atoms with Crippen molar-refractivity contribution in [1.82, 2.24) is 9.47 Å². The van der Waals surface area contributed by atoms with Gasteiger partial charge in [0.15, 0.2) is 0 Å². The Kier molecular flexibility index (Phi) is 5.24. The first kappa shape index (κ1) is 20.2. The molecule has 2 atom stereocenters. The van der Waals surface area contributed by atoms with Crippen LogP contribution in [0.15, 0.2) is 65.5 Å². The van der Waals surface area contributed by atoms with Gasteiger partial charge >= 0.3 is 6.03 Å². The highest BCUT2D eigenvalue weighted by molar-refractivity contribution is 6.30. The van der Waals surface area contributed by atoms with Gasteiger partial charge < -0.3 is 14.8 Å². The third kappa shape index (κ3) is 3.95. The summed E-state index contributed by atoms with van der Waals surface area (Å²) in [4.78, 5) is 27.9. The van der Waals surface area contributed by atoms with Crippen molar-refractivity contribution in [3.05, 3.63) is 86.8 Å². The lowest BCUT2D eigenvalue weighted by Gasteiger charge is -2.42. The zero-order chi connectivity index (χ0) is 21.5. The van der Waals surface area contributed by atoms with E-state index in [1.54, 1.807) is 36.4 Å². The number of carbonyl (C=O) groups excluding carboxylic acids is 1. The van der Waals surface area contributed by atoms with Crippen LogP contribution in [0.4, 0.5) is 10.5 Å². The molecule has 2 aliphatic heterocycles. The summed E-state index contributed by atoms with van der Waals surface area (Å²) in [5.41, 5.74) is 3.29. The number of urea groups is 1. The molecule has 0 spiro atoms. The molecule has 1 N–H and O–H groups in total. The first-order valence-corrected chi connectivity index (χ1v) is 11.0. The molecule has 1 aromatic heterocycles. The minimum absolute atomic E-state index is 0.0218. The number of fused-ring (bicyclic) bond motifs is 4. The number of aromatic nitrogens is 1. The Morgan fingerprint density at radius 1 is 0.871 bits per heavy atom. The van der Waals surface area contributed by atoms with Crippen LogP contribution in [0.3, 0.4) is 0 Å². The maximum absolute atomic E-state index is 13.2. The van der Waals surface area contributed by atoms with Crippen molar-refractivity contribution in [3.63, 3.8) is 0 Å². The molecule has 2 bridgehead atoms. The number of hydrogen-bond acceptors (Lipinski definition) is 2. The summed E-state index contributed by atoms with van der Waals surface area (Å²) in [6, 6.07) is 18.2. The molecule has 2 aromatic carbocycles. The number of pyridine rings is 1. The SMILES string of the molecule is O=C(Nc1ccc(Cl)cc1)N1CC2CC(C1)c1ccc(-c3ccc(Cl)cc3)c(=O)n1C2. The smallest absolute Gasteiger partial charge is 0.321 e. The molecule has 2 aliphatic rings. The predicted octanol–water partition coefficient (Wildman–Crippen LogP) is 5.47. The molecular formula is C24H21Cl2N3O2. The van der Waals surface area contributed by atoms with Crippen molar-refractivity contribution < 1.29 is 4.79 Å². The Balaban J connectivity index is 1.38. The molecule has 1 saturated heterocycles. The van der Waals surface area contributed by atoms with Crippen LogP contribution < -0.4 is 10.9 Å². The summed E-state index contributed by atoms with van der Waals surface area (Å²) in [6.07, 6.45) is 0.991. The maximum atomic E-state index is 13.2. The van der Waals surface area contributed by atoms with Gasteiger partial charge in [-0.15, -0.1) is 0 Å². The number of hydrogen-bond donors (Lipinski definition) is 1. The van der Waals surface area contributed by atoms with Crippen molar-refractivity contribution in [2.45, 2.75) is 18.9 Å². The van der Waals surface area contributed by atoms with Crippen LogP contribution in [0.1, 0.15) is 18.0 Å². The molecule has 7 heteroatoms. The average molecular weight is 454 g/mol. The van der Waals surface area contributed by atoms with Crippen molar-refractivity contribution in [3.8, 4) is 11.1 Å². The first-order valence-electron chi connectivity index (χ1n) is 10.3. The highest BCUT2D eigenvalue weighted by Crippen LogP contribution is 2.36. The number of carbonyl (C=O) groups is 1. The van der Waals surface area contributed by atoms with E-state index < -0.39 is 0 Å². The molecule has 0 saturated carbocycles. The number of halogens is 2. The van der Waals surface area contributed by atoms with E-state index in [1.165, 1.54) is 0 Å². The standard InChI is InChI=1S/C24H21Cl2N3O2/c25-18-3-1-16(2-4-18)21-9-10-22-17-11-15(13-29(22)23(21)30)12-28(14-17)24(31)27-20-7-5-19(26)6-8-20/h1-10,15,17H,11-14H2,(H,27,31). The second-order valence-electron chi connectivity index (χ2n) is 8.24. The number of rotatable bonds is 2. The topological polar surface area (TPSA) is 54.3 Å². The number of nitrogens with one attached hydrogen (secondary N) is 1. The summed E-state index contributed by atoms with van der Waals surface area (Å²) in [5.74, 6) is 0.399. The van der Waals surface area contributed by atoms with Crippen molar-refractivity contribution in [1.29, 1.82) is 0 Å². The Hall–Kier alpha value is -2.76. The van der Waals surface area contributed by atoms with Crippen molar-refractivity contribution >= 4 is 34.9 Å². The zero-order valence-corrected chi connectivity index (χ0v) is 18.2. The monoisotopic (exact) mass is 453 g/mol. The molecule has 0 aliphatic carbocycles. The Morgan fingerprint density at radius 3 is 2.26 bits per heavy atom. The fourth-order valence-corrected chi connectivity index (χ4v) is 4.95. The van der Waals surface area contributed by atoms with Crippen molar-refractivity contribution in [2.24, 2.45) is 5.92 Å². The molecule has 2 unspecified atom stereocenters. The van der Waals surface area contributed by atoms with E-state index in [0.717, 1.165) is 17.7 Å². The normalized spacial score (nSPS) is 19.6. The quantitative estimate of drug-likeness (QED) is 0.558. The third-order valence-corrected chi connectivity index (χ3v) is 6.65. The van der Waals surface area contributed by atoms with Gasteiger partial charge in [0.1, 0.15) is 0 Å². The van der Waals surface area contributed by atoms with E-state index in [1.807, 2.05) is 33.7 Å². The predicted molar refractivity (Wildman–Crippen MR) is 124 cm³/mol. The minimum Gasteiger partial charge on any atom is -0.324 e. The van der Waals surface area contributed by atoms with Crippen LogP contribution in [-0.2, 0) is 6.54 Å². The molecule has 158 valence electrons. The second kappa shape index (κ2) is 8.06. The summed E-state index contributed by atoms with van der Waals surface area (Å²) < 4.78 is 1.90. The average Bonchev–Trinajstić information content (AvgIpc) is 2.77. The van der Waals surface area contributed by atoms with Crippen LogP contribution in [-0.4, -0.2) is 28.6 Å². The van der Waals surface area contributed by atoms with E-state index in [-0.39, 0.29) is 23.4 Å². The van der Waals surface area contributed by atoms with Gasteiger partial charge in [-0.1, -0.05) is 35.3 Å². The summed E-state index contributed by atoms with van der Waals surface area (Å²) in [7, 11) is 0. The van der Waals surface area contributed by atoms with Crippen LogP contribution in [0.2, 0.25) is 10.0 Å². The summed E-state index contributed by atoms with van der Waals surface area (Å²) >= 11 is 11.9. The van der Waals surface area contributed by atoms with Gasteiger partial charge in [-0.2, -0.15) is 0 Å². The lowest BCUT2D eigenvalue weighted by Crippen LogP contribution is -2.50. The van der Waals surface area contributed by atoms with Gasteiger partial charge in [-0.05, 0) is 66.4 Å². The highest BCUT2D eigenvalue weighted by Gasteiger charge is 2.36. The molecule has 1 fully saturated rings. The number of anilines is 1. The fourth-order valence-electron chi connectivity index (χ4n) is 4.70. The lowest BCUT2D eigenvalue weighted by atomic mass is 9.83. The Morgan fingerprint density at radius 2 is 1.55 bits per heavy atom. The molecule has 31 heavy (non-hydrogen) atoms. The summed E-state index contributed by atoms with van der Waals surface area (Å²) in [5, 5.41) is 4.22. The van der Waals surface area contributed by atoms with Crippen LogP contribution >= 0.6 is 23.2 Å². The number of piperidine rings is 1. The molecular weight excluding hydrogens is 433 g/mol. The third-order valence-electron chi connectivity index (χ3n) is 6.14. The van der Waals surface area contributed by atoms with E-state index in [4.69, 9.17) is 23.2 Å².